The number of carboxylic acid groups (broad SMARTS) is 1. The Morgan fingerprint density at radius 3 is 2.58 bits per heavy atom. The Hall–Kier alpha value is -3.52. The summed E-state index contributed by atoms with van der Waals surface area (Å²) >= 11 is 3.46. The molecule has 2 atom stereocenters. The number of carboxylic acids is 1. The minimum absolute atomic E-state index is 0.115. The average Bonchev–Trinajstić information content (AvgIpc) is 3.06. The van der Waals surface area contributed by atoms with E-state index in [4.69, 9.17) is 14.6 Å². The van der Waals surface area contributed by atoms with Crippen molar-refractivity contribution in [1.29, 1.82) is 0 Å². The summed E-state index contributed by atoms with van der Waals surface area (Å²) in [6.45, 7) is 2.16. The van der Waals surface area contributed by atoms with Crippen molar-refractivity contribution in [2.75, 3.05) is 0 Å². The SMILES string of the molecule is CC1C(c2ccccc2)OC(=O)N1Cc1cc(Br)ccc1Oc1cc(CC(=O)O)ccc1O. The highest BCUT2D eigenvalue weighted by atomic mass is 79.9. The minimum Gasteiger partial charge on any atom is -0.504 e. The smallest absolute Gasteiger partial charge is 0.411 e. The molecule has 1 aliphatic heterocycles. The highest BCUT2D eigenvalue weighted by Gasteiger charge is 2.39. The van der Waals surface area contributed by atoms with Gasteiger partial charge in [0, 0.05) is 10.0 Å². The number of rotatable bonds is 7. The second-order valence-electron chi connectivity index (χ2n) is 7.81. The summed E-state index contributed by atoms with van der Waals surface area (Å²) in [6.07, 6.45) is -0.998. The monoisotopic (exact) mass is 511 g/mol. The standard InChI is InChI=1S/C25H22BrNO6/c1-15-24(17-5-3-2-4-6-17)33-25(31)27(15)14-18-13-19(26)8-10-21(18)32-22-11-16(12-23(29)30)7-9-20(22)28/h2-11,13,15,24,28H,12,14H2,1H3,(H,29,30). The lowest BCUT2D eigenvalue weighted by molar-refractivity contribution is -0.136. The molecule has 1 fully saturated rings. The summed E-state index contributed by atoms with van der Waals surface area (Å²) in [5.74, 6) is -0.526. The maximum atomic E-state index is 12.7. The van der Waals surface area contributed by atoms with Crippen LogP contribution in [0.3, 0.4) is 0 Å². The Morgan fingerprint density at radius 1 is 1.09 bits per heavy atom. The average molecular weight is 512 g/mol. The molecule has 8 heteroatoms. The number of phenolic OH excluding ortho intramolecular Hbond substituents is 1. The topological polar surface area (TPSA) is 96.3 Å². The van der Waals surface area contributed by atoms with Gasteiger partial charge in [-0.3, -0.25) is 9.69 Å². The van der Waals surface area contributed by atoms with Crippen LogP contribution in [0.15, 0.2) is 71.2 Å². The van der Waals surface area contributed by atoms with Crippen LogP contribution in [-0.2, 0) is 22.5 Å². The van der Waals surface area contributed by atoms with Crippen molar-refractivity contribution >= 4 is 28.0 Å². The Kier molecular flexibility index (Phi) is 6.55. The molecule has 1 aliphatic rings. The van der Waals surface area contributed by atoms with Crippen molar-refractivity contribution in [1.82, 2.24) is 4.90 Å². The highest BCUT2D eigenvalue weighted by molar-refractivity contribution is 9.10. The number of carbonyl (C=O) groups is 2. The molecule has 7 nitrogen and oxygen atoms in total. The minimum atomic E-state index is -0.981. The van der Waals surface area contributed by atoms with Crippen LogP contribution >= 0.6 is 15.9 Å². The number of nitrogens with zero attached hydrogens (tertiary/aromatic N) is 1. The lowest BCUT2D eigenvalue weighted by atomic mass is 10.0. The van der Waals surface area contributed by atoms with Crippen LogP contribution in [0.5, 0.6) is 17.2 Å². The number of halogens is 1. The number of hydrogen-bond acceptors (Lipinski definition) is 5. The van der Waals surface area contributed by atoms with E-state index in [1.54, 1.807) is 17.0 Å². The lowest BCUT2D eigenvalue weighted by Gasteiger charge is -2.22. The van der Waals surface area contributed by atoms with Gasteiger partial charge >= 0.3 is 12.1 Å². The zero-order valence-electron chi connectivity index (χ0n) is 17.8. The molecular weight excluding hydrogens is 490 g/mol. The molecule has 33 heavy (non-hydrogen) atoms. The molecule has 0 aromatic heterocycles. The molecule has 2 unspecified atom stereocenters. The number of benzene rings is 3. The summed E-state index contributed by atoms with van der Waals surface area (Å²) in [7, 11) is 0. The summed E-state index contributed by atoms with van der Waals surface area (Å²) in [5.41, 5.74) is 2.12. The van der Waals surface area contributed by atoms with Crippen molar-refractivity contribution < 1.29 is 29.3 Å². The summed E-state index contributed by atoms with van der Waals surface area (Å²) in [4.78, 5) is 25.4. The summed E-state index contributed by atoms with van der Waals surface area (Å²) < 4.78 is 12.4. The summed E-state index contributed by atoms with van der Waals surface area (Å²) in [6, 6.07) is 19.1. The Balaban J connectivity index is 1.59. The second kappa shape index (κ2) is 9.54. The number of aromatic hydroxyl groups is 1. The zero-order chi connectivity index (χ0) is 23.5. The van der Waals surface area contributed by atoms with Gasteiger partial charge in [-0.1, -0.05) is 52.3 Å². The number of phenols is 1. The van der Waals surface area contributed by atoms with Gasteiger partial charge in [0.2, 0.25) is 0 Å². The third-order valence-electron chi connectivity index (χ3n) is 5.48. The van der Waals surface area contributed by atoms with Gasteiger partial charge in [0.15, 0.2) is 11.5 Å². The van der Waals surface area contributed by atoms with Gasteiger partial charge in [0.25, 0.3) is 0 Å². The molecule has 2 N–H and O–H groups in total. The zero-order valence-corrected chi connectivity index (χ0v) is 19.4. The molecule has 1 amide bonds. The molecule has 1 saturated heterocycles. The third-order valence-corrected chi connectivity index (χ3v) is 5.98. The van der Waals surface area contributed by atoms with Crippen LogP contribution in [-0.4, -0.2) is 33.2 Å². The van der Waals surface area contributed by atoms with Gasteiger partial charge in [-0.05, 0) is 48.4 Å². The second-order valence-corrected chi connectivity index (χ2v) is 8.73. The van der Waals surface area contributed by atoms with Gasteiger partial charge in [-0.2, -0.15) is 0 Å². The molecule has 3 aromatic rings. The van der Waals surface area contributed by atoms with E-state index in [0.717, 1.165) is 10.0 Å². The Bertz CT molecular complexity index is 1180. The van der Waals surface area contributed by atoms with Gasteiger partial charge < -0.3 is 19.7 Å². The normalized spacial score (nSPS) is 17.6. The number of ether oxygens (including phenoxy) is 2. The van der Waals surface area contributed by atoms with Gasteiger partial charge in [-0.15, -0.1) is 0 Å². The van der Waals surface area contributed by atoms with Crippen molar-refractivity contribution in [3.05, 3.63) is 87.9 Å². The largest absolute Gasteiger partial charge is 0.504 e. The van der Waals surface area contributed by atoms with E-state index in [0.29, 0.717) is 16.9 Å². The van der Waals surface area contributed by atoms with E-state index in [9.17, 15) is 14.7 Å². The maximum absolute atomic E-state index is 12.7. The van der Waals surface area contributed by atoms with Crippen LogP contribution in [0.1, 0.15) is 29.7 Å². The molecule has 0 bridgehead atoms. The van der Waals surface area contributed by atoms with Crippen molar-refractivity contribution in [3.8, 4) is 17.2 Å². The highest BCUT2D eigenvalue weighted by Crippen LogP contribution is 2.38. The van der Waals surface area contributed by atoms with E-state index in [-0.39, 0.29) is 36.6 Å². The predicted octanol–water partition coefficient (Wildman–Crippen LogP) is 5.66. The van der Waals surface area contributed by atoms with Crippen molar-refractivity contribution in [2.24, 2.45) is 0 Å². The number of hydrogen-bond donors (Lipinski definition) is 2. The number of carbonyl (C=O) groups excluding carboxylic acids is 1. The van der Waals surface area contributed by atoms with Crippen molar-refractivity contribution in [3.63, 3.8) is 0 Å². The van der Waals surface area contributed by atoms with Crippen LogP contribution in [0, 0.1) is 0 Å². The van der Waals surface area contributed by atoms with Crippen LogP contribution < -0.4 is 4.74 Å². The molecular formula is C25H22BrNO6. The van der Waals surface area contributed by atoms with E-state index in [2.05, 4.69) is 15.9 Å². The van der Waals surface area contributed by atoms with E-state index < -0.39 is 12.1 Å². The predicted molar refractivity (Wildman–Crippen MR) is 124 cm³/mol. The third kappa shape index (κ3) is 5.12. The van der Waals surface area contributed by atoms with E-state index in [1.165, 1.54) is 18.2 Å². The number of cyclic esters (lactones) is 1. The molecule has 1 heterocycles. The van der Waals surface area contributed by atoms with Crippen LogP contribution in [0.4, 0.5) is 4.79 Å². The first kappa shape index (κ1) is 22.7. The van der Waals surface area contributed by atoms with Crippen LogP contribution in [0.25, 0.3) is 0 Å². The number of amides is 1. The summed E-state index contributed by atoms with van der Waals surface area (Å²) in [5, 5.41) is 19.3. The van der Waals surface area contributed by atoms with E-state index in [1.807, 2.05) is 43.3 Å². The van der Waals surface area contributed by atoms with Gasteiger partial charge in [0.05, 0.1) is 19.0 Å². The number of aliphatic carboxylic acids is 1. The maximum Gasteiger partial charge on any atom is 0.411 e. The molecule has 4 rings (SSSR count). The quantitative estimate of drug-likeness (QED) is 0.425. The fourth-order valence-corrected chi connectivity index (χ4v) is 4.21. The fourth-order valence-electron chi connectivity index (χ4n) is 3.80. The first-order valence-electron chi connectivity index (χ1n) is 10.3. The van der Waals surface area contributed by atoms with Crippen molar-refractivity contribution in [2.45, 2.75) is 32.0 Å². The molecule has 0 radical (unpaired) electrons. The molecule has 0 spiro atoms. The molecule has 3 aromatic carbocycles. The first-order valence-corrected chi connectivity index (χ1v) is 11.1. The van der Waals surface area contributed by atoms with Crippen LogP contribution in [0.2, 0.25) is 0 Å². The lowest BCUT2D eigenvalue weighted by Crippen LogP contribution is -2.31. The molecule has 0 saturated carbocycles. The van der Waals surface area contributed by atoms with E-state index >= 15 is 0 Å². The molecule has 170 valence electrons. The van der Waals surface area contributed by atoms with Gasteiger partial charge in [-0.25, -0.2) is 4.79 Å². The Morgan fingerprint density at radius 2 is 1.85 bits per heavy atom. The fraction of sp³-hybridized carbons (Fsp3) is 0.200. The molecule has 0 aliphatic carbocycles. The first-order chi connectivity index (χ1) is 15.8. The van der Waals surface area contributed by atoms with Gasteiger partial charge in [0.1, 0.15) is 11.9 Å². The Labute approximate surface area is 199 Å².